The summed E-state index contributed by atoms with van der Waals surface area (Å²) in [5.74, 6) is -0.717. The largest absolute Gasteiger partial charge is 0.336 e. The number of hydrogen-bond donors (Lipinski definition) is 2. The van der Waals surface area contributed by atoms with Crippen molar-refractivity contribution in [1.29, 1.82) is 0 Å². The molecule has 0 radical (unpaired) electrons. The van der Waals surface area contributed by atoms with Gasteiger partial charge in [-0.3, -0.25) is 29.4 Å². The molecule has 40 heavy (non-hydrogen) atoms. The molecule has 11 heteroatoms. The molecule has 0 aliphatic carbocycles. The zero-order valence-electron chi connectivity index (χ0n) is 20.6. The molecule has 7 heterocycles. The fraction of sp³-hybridized carbons (Fsp3) is 0.0345. The Balaban J connectivity index is 1.57. The smallest absolute Gasteiger partial charge is 0.236 e. The summed E-state index contributed by atoms with van der Waals surface area (Å²) in [5.41, 5.74) is 4.67. The number of benzene rings is 1. The number of fused-ring (bicyclic) bond motifs is 9. The van der Waals surface area contributed by atoms with Crippen LogP contribution in [0.1, 0.15) is 10.4 Å². The number of nitrogens with zero attached hydrogens (tertiary/aromatic N) is 6. The molecule has 0 saturated carbocycles. The first-order valence-corrected chi connectivity index (χ1v) is 13.3. The van der Waals surface area contributed by atoms with Gasteiger partial charge < -0.3 is 4.98 Å². The molecule has 2 N–H and O–H groups in total. The van der Waals surface area contributed by atoms with Crippen LogP contribution >= 0.6 is 11.3 Å². The number of aromatic amines is 2. The second-order valence-electron chi connectivity index (χ2n) is 9.38. The average Bonchev–Trinajstić information content (AvgIpc) is 3.72. The van der Waals surface area contributed by atoms with Crippen LogP contribution in [0.4, 0.5) is 4.39 Å². The Morgan fingerprint density at radius 3 is 2.73 bits per heavy atom. The van der Waals surface area contributed by atoms with Gasteiger partial charge in [-0.1, -0.05) is 30.3 Å². The number of imidazole rings is 1. The number of halogens is 1. The molecule has 192 valence electrons. The van der Waals surface area contributed by atoms with E-state index < -0.39 is 5.82 Å². The molecule has 8 rings (SSSR count). The van der Waals surface area contributed by atoms with Gasteiger partial charge in [-0.05, 0) is 29.8 Å². The lowest BCUT2D eigenvalue weighted by Crippen LogP contribution is -2.14. The summed E-state index contributed by atoms with van der Waals surface area (Å²) in [7, 11) is 0. The molecule has 0 amide bonds. The maximum Gasteiger partial charge on any atom is 0.236 e. The Morgan fingerprint density at radius 1 is 0.925 bits per heavy atom. The number of carbonyl (C=O) groups excluding carboxylic acids is 1. The Kier molecular flexibility index (Phi) is 4.88. The molecule has 0 aliphatic heterocycles. The van der Waals surface area contributed by atoms with Crippen LogP contribution in [-0.2, 0) is 6.42 Å². The number of nitrogens with one attached hydrogen (secondary N) is 2. The quantitative estimate of drug-likeness (QED) is 0.266. The highest BCUT2D eigenvalue weighted by Crippen LogP contribution is 2.31. The standard InChI is InChI=1S/C29H17FN8OS/c30-24-23-19-14-33-25(24)16-11-17(13-31-12-16)38(21(39)10-15-4-2-1-3-5-15)22-7-6-20(40-22)27-26-18(8-9-32-27)34-29(35-26)28(23)37-36-19/h1-9,11-14H,10H2,(H,34,35)(H,36,37). The highest BCUT2D eigenvalue weighted by molar-refractivity contribution is 7.24. The van der Waals surface area contributed by atoms with Gasteiger partial charge in [-0.25, -0.2) is 9.37 Å². The Morgan fingerprint density at radius 2 is 1.82 bits per heavy atom. The van der Waals surface area contributed by atoms with Gasteiger partial charge in [0.25, 0.3) is 0 Å². The highest BCUT2D eigenvalue weighted by Gasteiger charge is 2.17. The molecule has 0 atom stereocenters. The van der Waals surface area contributed by atoms with Crippen LogP contribution in [0.3, 0.4) is 0 Å². The number of H-pyrrole nitrogens is 2. The summed E-state index contributed by atoms with van der Waals surface area (Å²) in [5, 5.41) is 7.92. The van der Waals surface area contributed by atoms with Gasteiger partial charge in [0.2, 0.25) is 5.91 Å². The van der Waals surface area contributed by atoms with Crippen molar-refractivity contribution in [3.8, 4) is 0 Å². The van der Waals surface area contributed by atoms with Crippen LogP contribution in [0.25, 0.3) is 64.6 Å². The van der Waals surface area contributed by atoms with Gasteiger partial charge in [0.1, 0.15) is 26.9 Å². The van der Waals surface area contributed by atoms with Crippen molar-refractivity contribution in [2.75, 3.05) is 0 Å². The van der Waals surface area contributed by atoms with Crippen molar-refractivity contribution in [1.82, 2.24) is 39.7 Å². The molecule has 9 nitrogen and oxygen atoms in total. The molecule has 8 bridgehead atoms. The molecule has 0 unspecified atom stereocenters. The molecule has 1 aromatic carbocycles. The minimum atomic E-state index is -0.561. The Bertz CT molecular complexity index is 2350. The van der Waals surface area contributed by atoms with Crippen LogP contribution in [0.15, 0.2) is 79.4 Å². The van der Waals surface area contributed by atoms with Crippen LogP contribution < -0.4 is 0 Å². The summed E-state index contributed by atoms with van der Waals surface area (Å²) in [6, 6.07) is 16.9. The average molecular weight is 545 g/mol. The monoisotopic (exact) mass is 544 g/mol. The van der Waals surface area contributed by atoms with Crippen LogP contribution in [0.5, 0.6) is 0 Å². The first kappa shape index (κ1) is 22.7. The third kappa shape index (κ3) is 3.45. The van der Waals surface area contributed by atoms with Gasteiger partial charge in [0, 0.05) is 17.8 Å². The third-order valence-corrected chi connectivity index (χ3v) is 8.00. The van der Waals surface area contributed by atoms with Gasteiger partial charge >= 0.3 is 0 Å². The molecule has 8 aromatic rings. The minimum absolute atomic E-state index is 0.0974. The molecule has 0 fully saturated rings. The SMILES string of the molecule is O=C(Cc1ccccc1)n1c2cncc(c2)c2ncc3[nH]nc(c4nc5c(ccnc5c5ccc1s5)[nH]4)c3c2F. The zero-order chi connectivity index (χ0) is 26.8. The zero-order valence-corrected chi connectivity index (χ0v) is 21.4. The second-order valence-corrected chi connectivity index (χ2v) is 10.4. The van der Waals surface area contributed by atoms with Gasteiger partial charge in [-0.2, -0.15) is 5.10 Å². The third-order valence-electron chi connectivity index (χ3n) is 6.92. The number of carbonyl (C=O) groups is 1. The van der Waals surface area contributed by atoms with Crippen LogP contribution in [0.2, 0.25) is 0 Å². The predicted octanol–water partition coefficient (Wildman–Crippen LogP) is 6.25. The Labute approximate surface area is 227 Å². The van der Waals surface area contributed by atoms with E-state index in [0.717, 1.165) is 15.8 Å². The van der Waals surface area contributed by atoms with Crippen molar-refractivity contribution < 1.29 is 9.18 Å². The van der Waals surface area contributed by atoms with E-state index in [1.54, 1.807) is 23.0 Å². The van der Waals surface area contributed by atoms with Gasteiger partial charge in [-0.15, -0.1) is 11.3 Å². The van der Waals surface area contributed by atoms with E-state index in [4.69, 9.17) is 4.98 Å². The van der Waals surface area contributed by atoms with Crippen molar-refractivity contribution in [2.45, 2.75) is 6.42 Å². The molecule has 0 saturated heterocycles. The van der Waals surface area contributed by atoms with E-state index in [2.05, 4.69) is 30.1 Å². The second kappa shape index (κ2) is 8.61. The van der Waals surface area contributed by atoms with Crippen molar-refractivity contribution in [3.63, 3.8) is 0 Å². The van der Waals surface area contributed by atoms with E-state index in [1.807, 2.05) is 48.5 Å². The van der Waals surface area contributed by atoms with Crippen LogP contribution in [0, 0.1) is 5.82 Å². The lowest BCUT2D eigenvalue weighted by Gasteiger charge is -2.08. The lowest BCUT2D eigenvalue weighted by molar-refractivity contribution is 0.0924. The number of rotatable bonds is 2. The molecular weight excluding hydrogens is 527 g/mol. The van der Waals surface area contributed by atoms with Crippen molar-refractivity contribution in [2.24, 2.45) is 0 Å². The summed E-state index contributed by atoms with van der Waals surface area (Å²) in [6.45, 7) is 0. The summed E-state index contributed by atoms with van der Waals surface area (Å²) in [6.07, 6.45) is 6.54. The molecule has 0 aliphatic rings. The van der Waals surface area contributed by atoms with Gasteiger partial charge in [0.15, 0.2) is 11.5 Å². The number of hydrogen-bond acceptors (Lipinski definition) is 7. The van der Waals surface area contributed by atoms with E-state index in [1.165, 1.54) is 23.7 Å². The lowest BCUT2D eigenvalue weighted by atomic mass is 10.1. The number of thiophene rings is 1. The highest BCUT2D eigenvalue weighted by atomic mass is 32.1. The minimum Gasteiger partial charge on any atom is -0.336 e. The van der Waals surface area contributed by atoms with Crippen LogP contribution in [-0.4, -0.2) is 45.6 Å². The maximum atomic E-state index is 16.2. The molecule has 0 spiro atoms. The topological polar surface area (TPSA) is 118 Å². The molecular formula is C29H17FN8OS. The van der Waals surface area contributed by atoms with E-state index in [9.17, 15) is 4.79 Å². The van der Waals surface area contributed by atoms with E-state index in [0.29, 0.717) is 43.4 Å². The van der Waals surface area contributed by atoms with E-state index in [-0.39, 0.29) is 23.2 Å². The summed E-state index contributed by atoms with van der Waals surface area (Å²) in [4.78, 5) is 36.0. The molecule has 7 aromatic heterocycles. The fourth-order valence-corrected chi connectivity index (χ4v) is 6.12. The number of pyridine rings is 3. The van der Waals surface area contributed by atoms with E-state index >= 15 is 4.39 Å². The summed E-state index contributed by atoms with van der Waals surface area (Å²) < 4.78 is 18.6. The Hall–Kier alpha value is -5.29. The maximum absolute atomic E-state index is 16.2. The fourth-order valence-electron chi connectivity index (χ4n) is 5.07. The first-order valence-electron chi connectivity index (χ1n) is 12.4. The first-order chi connectivity index (χ1) is 19.6. The predicted molar refractivity (Wildman–Crippen MR) is 153 cm³/mol. The van der Waals surface area contributed by atoms with Crippen molar-refractivity contribution in [3.05, 3.63) is 90.8 Å². The summed E-state index contributed by atoms with van der Waals surface area (Å²) >= 11 is 1.42. The normalized spacial score (nSPS) is 11.8. The van der Waals surface area contributed by atoms with Gasteiger partial charge in [0.05, 0.1) is 45.5 Å². The van der Waals surface area contributed by atoms with Crippen molar-refractivity contribution >= 4 is 81.8 Å². The number of aromatic nitrogens is 8.